The van der Waals surface area contributed by atoms with E-state index in [2.05, 4.69) is 20.6 Å². The van der Waals surface area contributed by atoms with Gasteiger partial charge >= 0.3 is 6.18 Å². The van der Waals surface area contributed by atoms with Crippen molar-refractivity contribution in [2.24, 2.45) is 0 Å². The van der Waals surface area contributed by atoms with E-state index >= 15 is 0 Å². The molecular formula is C18H20F4N4. The number of rotatable bonds is 4. The summed E-state index contributed by atoms with van der Waals surface area (Å²) in [4.78, 5) is 8.66. The molecule has 140 valence electrons. The molecule has 1 aliphatic carbocycles. The summed E-state index contributed by atoms with van der Waals surface area (Å²) in [6.45, 7) is 5.77. The van der Waals surface area contributed by atoms with Crippen LogP contribution in [0.5, 0.6) is 0 Å². The van der Waals surface area contributed by atoms with Gasteiger partial charge in [-0.15, -0.1) is 0 Å². The summed E-state index contributed by atoms with van der Waals surface area (Å²) in [6.07, 6.45) is -2.74. The number of benzene rings is 1. The molecule has 0 atom stereocenters. The zero-order valence-electron chi connectivity index (χ0n) is 14.7. The summed E-state index contributed by atoms with van der Waals surface area (Å²) in [5.41, 5.74) is -1.30. The zero-order valence-corrected chi connectivity index (χ0v) is 14.7. The molecule has 0 unspecified atom stereocenters. The number of hydrogen-bond donors (Lipinski definition) is 2. The molecule has 2 aromatic rings. The van der Waals surface area contributed by atoms with Gasteiger partial charge in [0, 0.05) is 17.5 Å². The highest BCUT2D eigenvalue weighted by atomic mass is 19.4. The van der Waals surface area contributed by atoms with Crippen molar-refractivity contribution in [2.45, 2.75) is 51.2 Å². The summed E-state index contributed by atoms with van der Waals surface area (Å²) in [5, 5.41) is 5.62. The Labute approximate surface area is 149 Å². The lowest BCUT2D eigenvalue weighted by molar-refractivity contribution is -0.137. The Morgan fingerprint density at radius 1 is 1.08 bits per heavy atom. The lowest BCUT2D eigenvalue weighted by atomic mass is 10.1. The Bertz CT molecular complexity index is 808. The lowest BCUT2D eigenvalue weighted by Crippen LogP contribution is -2.27. The minimum atomic E-state index is -4.68. The Morgan fingerprint density at radius 2 is 1.77 bits per heavy atom. The molecule has 3 rings (SSSR count). The van der Waals surface area contributed by atoms with E-state index in [9.17, 15) is 17.6 Å². The third-order valence-electron chi connectivity index (χ3n) is 3.80. The Balaban J connectivity index is 2.00. The molecule has 1 heterocycles. The standard InChI is InChI=1S/C18H20F4N4/c1-17(2,3)26-16-23-13(10-7-8-10)9-14(25-16)24-15-11(18(20,21)22)5-4-6-12(15)19/h4-6,9-10H,7-8H2,1-3H3,(H2,23,24,25,26). The largest absolute Gasteiger partial charge is 0.418 e. The van der Waals surface area contributed by atoms with Crippen LogP contribution in [0.4, 0.5) is 35.0 Å². The van der Waals surface area contributed by atoms with Gasteiger partial charge in [-0.25, -0.2) is 9.37 Å². The number of anilines is 3. The molecule has 1 aromatic carbocycles. The normalized spacial score (nSPS) is 15.0. The average Bonchev–Trinajstić information content (AvgIpc) is 3.30. The van der Waals surface area contributed by atoms with Gasteiger partial charge < -0.3 is 10.6 Å². The molecule has 1 aromatic heterocycles. The van der Waals surface area contributed by atoms with Gasteiger partial charge in [0.2, 0.25) is 5.95 Å². The highest BCUT2D eigenvalue weighted by molar-refractivity contribution is 5.63. The molecule has 0 saturated heterocycles. The van der Waals surface area contributed by atoms with Crippen molar-refractivity contribution >= 4 is 17.5 Å². The van der Waals surface area contributed by atoms with Crippen molar-refractivity contribution in [3.8, 4) is 0 Å². The number of aromatic nitrogens is 2. The van der Waals surface area contributed by atoms with E-state index in [1.54, 1.807) is 6.07 Å². The highest BCUT2D eigenvalue weighted by Gasteiger charge is 2.35. The van der Waals surface area contributed by atoms with Gasteiger partial charge in [-0.3, -0.25) is 0 Å². The van der Waals surface area contributed by atoms with Crippen molar-refractivity contribution < 1.29 is 17.6 Å². The average molecular weight is 368 g/mol. The Morgan fingerprint density at radius 3 is 2.35 bits per heavy atom. The highest BCUT2D eigenvalue weighted by Crippen LogP contribution is 2.41. The molecule has 1 aliphatic rings. The summed E-state index contributed by atoms with van der Waals surface area (Å²) in [7, 11) is 0. The maximum Gasteiger partial charge on any atom is 0.418 e. The lowest BCUT2D eigenvalue weighted by Gasteiger charge is -2.22. The number of hydrogen-bond acceptors (Lipinski definition) is 4. The molecule has 0 amide bonds. The van der Waals surface area contributed by atoms with E-state index in [0.29, 0.717) is 5.95 Å². The summed E-state index contributed by atoms with van der Waals surface area (Å²) in [5.74, 6) is -0.294. The molecule has 2 N–H and O–H groups in total. The van der Waals surface area contributed by atoms with Gasteiger partial charge in [0.05, 0.1) is 16.9 Å². The Kier molecular flexibility index (Phi) is 4.54. The topological polar surface area (TPSA) is 49.8 Å². The fraction of sp³-hybridized carbons (Fsp3) is 0.444. The van der Waals surface area contributed by atoms with Gasteiger partial charge in [-0.2, -0.15) is 18.2 Å². The molecular weight excluding hydrogens is 348 g/mol. The second-order valence-electron chi connectivity index (χ2n) is 7.44. The van der Waals surface area contributed by atoms with Crippen LogP contribution in [0.2, 0.25) is 0 Å². The van der Waals surface area contributed by atoms with Gasteiger partial charge in [0.25, 0.3) is 0 Å². The van der Waals surface area contributed by atoms with Crippen molar-refractivity contribution in [1.29, 1.82) is 0 Å². The summed E-state index contributed by atoms with van der Waals surface area (Å²) in [6, 6.07) is 4.43. The van der Waals surface area contributed by atoms with Crippen molar-refractivity contribution in [3.63, 3.8) is 0 Å². The first-order valence-electron chi connectivity index (χ1n) is 8.33. The first-order chi connectivity index (χ1) is 12.0. The van der Waals surface area contributed by atoms with Crippen LogP contribution in [-0.4, -0.2) is 15.5 Å². The third-order valence-corrected chi connectivity index (χ3v) is 3.80. The smallest absolute Gasteiger partial charge is 0.350 e. The molecule has 1 fully saturated rings. The quantitative estimate of drug-likeness (QED) is 0.703. The van der Waals surface area contributed by atoms with Gasteiger partial charge in [0.15, 0.2) is 0 Å². The van der Waals surface area contributed by atoms with E-state index in [4.69, 9.17) is 0 Å². The van der Waals surface area contributed by atoms with Crippen molar-refractivity contribution in [3.05, 3.63) is 41.3 Å². The molecule has 0 radical (unpaired) electrons. The van der Waals surface area contributed by atoms with E-state index in [-0.39, 0.29) is 17.3 Å². The van der Waals surface area contributed by atoms with Crippen LogP contribution in [0, 0.1) is 5.82 Å². The monoisotopic (exact) mass is 368 g/mol. The predicted octanol–water partition coefficient (Wildman–Crippen LogP) is 5.47. The van der Waals surface area contributed by atoms with Crippen LogP contribution < -0.4 is 10.6 Å². The molecule has 26 heavy (non-hydrogen) atoms. The van der Waals surface area contributed by atoms with Crippen LogP contribution in [0.15, 0.2) is 24.3 Å². The number of nitrogens with one attached hydrogen (secondary N) is 2. The molecule has 0 spiro atoms. The predicted molar refractivity (Wildman–Crippen MR) is 92.1 cm³/mol. The second kappa shape index (κ2) is 6.41. The van der Waals surface area contributed by atoms with Gasteiger partial charge in [-0.1, -0.05) is 6.07 Å². The van der Waals surface area contributed by atoms with Crippen LogP contribution in [0.1, 0.15) is 50.8 Å². The first kappa shape index (κ1) is 18.4. The summed E-state index contributed by atoms with van der Waals surface area (Å²) >= 11 is 0. The van der Waals surface area contributed by atoms with Crippen LogP contribution >= 0.6 is 0 Å². The molecule has 8 heteroatoms. The third kappa shape index (κ3) is 4.42. The van der Waals surface area contributed by atoms with E-state index in [1.165, 1.54) is 0 Å². The number of halogens is 4. The van der Waals surface area contributed by atoms with Gasteiger partial charge in [0.1, 0.15) is 11.6 Å². The van der Waals surface area contributed by atoms with Crippen molar-refractivity contribution in [1.82, 2.24) is 9.97 Å². The number of alkyl halides is 3. The first-order valence-corrected chi connectivity index (χ1v) is 8.33. The zero-order chi connectivity index (χ0) is 19.1. The van der Waals surface area contributed by atoms with Crippen molar-refractivity contribution in [2.75, 3.05) is 10.6 Å². The van der Waals surface area contributed by atoms with E-state index in [1.807, 2.05) is 20.8 Å². The van der Waals surface area contributed by atoms with E-state index in [0.717, 1.165) is 36.7 Å². The SMILES string of the molecule is CC(C)(C)Nc1nc(Nc2c(F)cccc2C(F)(F)F)cc(C2CC2)n1. The molecule has 1 saturated carbocycles. The maximum absolute atomic E-state index is 14.1. The van der Waals surface area contributed by atoms with Crippen LogP contribution in [-0.2, 0) is 6.18 Å². The summed E-state index contributed by atoms with van der Waals surface area (Å²) < 4.78 is 53.7. The van der Waals surface area contributed by atoms with E-state index < -0.39 is 23.2 Å². The number of para-hydroxylation sites is 1. The van der Waals surface area contributed by atoms with Crippen LogP contribution in [0.3, 0.4) is 0 Å². The van der Waals surface area contributed by atoms with Gasteiger partial charge in [-0.05, 0) is 45.7 Å². The minimum Gasteiger partial charge on any atom is -0.350 e. The molecule has 4 nitrogen and oxygen atoms in total. The fourth-order valence-electron chi connectivity index (χ4n) is 2.53. The molecule has 0 bridgehead atoms. The maximum atomic E-state index is 14.1. The second-order valence-corrected chi connectivity index (χ2v) is 7.44. The minimum absolute atomic E-state index is 0.129. The number of nitrogens with zero attached hydrogens (tertiary/aromatic N) is 2. The van der Waals surface area contributed by atoms with Crippen LogP contribution in [0.25, 0.3) is 0 Å². The Hall–Kier alpha value is -2.38. The fourth-order valence-corrected chi connectivity index (χ4v) is 2.53. The molecule has 0 aliphatic heterocycles.